The normalized spacial score (nSPS) is 26.4. The molecular formula is C18H25ClN2O3S. The van der Waals surface area contributed by atoms with Crippen LogP contribution in [0, 0.1) is 11.8 Å². The van der Waals surface area contributed by atoms with E-state index in [9.17, 15) is 13.2 Å². The zero-order chi connectivity index (χ0) is 18.2. The van der Waals surface area contributed by atoms with E-state index in [4.69, 9.17) is 11.6 Å². The van der Waals surface area contributed by atoms with E-state index in [0.717, 1.165) is 19.1 Å². The van der Waals surface area contributed by atoms with Crippen LogP contribution in [0.4, 0.5) is 5.69 Å². The summed E-state index contributed by atoms with van der Waals surface area (Å²) in [5.74, 6) is 1.05. The van der Waals surface area contributed by atoms with Gasteiger partial charge >= 0.3 is 0 Å². The highest BCUT2D eigenvalue weighted by Crippen LogP contribution is 2.44. The number of amides is 1. The molecule has 1 N–H and O–H groups in total. The van der Waals surface area contributed by atoms with Gasteiger partial charge < -0.3 is 5.32 Å². The highest BCUT2D eigenvalue weighted by molar-refractivity contribution is 7.92. The molecule has 2 fully saturated rings. The number of rotatable bonds is 6. The fourth-order valence-corrected chi connectivity index (χ4v) is 5.76. The molecule has 0 radical (unpaired) electrons. The van der Waals surface area contributed by atoms with Gasteiger partial charge in [0.25, 0.3) is 0 Å². The van der Waals surface area contributed by atoms with Gasteiger partial charge in [-0.3, -0.25) is 9.10 Å². The second-order valence-electron chi connectivity index (χ2n) is 7.25. The molecule has 2 bridgehead atoms. The molecule has 3 rings (SSSR count). The number of benzene rings is 1. The minimum absolute atomic E-state index is 0.182. The standard InChI is InChI=1S/C18H25ClN2O3S/c1-3-17(18(22)20-16-10-12-7-8-13(16)9-12)21(25(2,23)24)15-6-4-5-14(19)11-15/h4-6,11-13,16-17H,3,7-10H2,1-2H3,(H,20,22). The summed E-state index contributed by atoms with van der Waals surface area (Å²) in [5, 5.41) is 3.56. The first-order chi connectivity index (χ1) is 11.8. The van der Waals surface area contributed by atoms with Crippen molar-refractivity contribution in [1.82, 2.24) is 5.32 Å². The molecule has 0 heterocycles. The summed E-state index contributed by atoms with van der Waals surface area (Å²) in [7, 11) is -3.62. The lowest BCUT2D eigenvalue weighted by Gasteiger charge is -2.32. The number of carbonyl (C=O) groups excluding carboxylic acids is 1. The molecular weight excluding hydrogens is 360 g/mol. The molecule has 0 saturated heterocycles. The smallest absolute Gasteiger partial charge is 0.244 e. The third-order valence-corrected chi connectivity index (χ3v) is 6.87. The van der Waals surface area contributed by atoms with E-state index in [1.165, 1.54) is 17.1 Å². The van der Waals surface area contributed by atoms with Crippen molar-refractivity contribution in [1.29, 1.82) is 0 Å². The summed E-state index contributed by atoms with van der Waals surface area (Å²) < 4.78 is 26.0. The first-order valence-electron chi connectivity index (χ1n) is 8.85. The Morgan fingerprint density at radius 1 is 1.36 bits per heavy atom. The molecule has 0 aromatic heterocycles. The van der Waals surface area contributed by atoms with E-state index in [-0.39, 0.29) is 11.9 Å². The van der Waals surface area contributed by atoms with Crippen LogP contribution in [-0.4, -0.2) is 32.7 Å². The van der Waals surface area contributed by atoms with Gasteiger partial charge in [-0.25, -0.2) is 8.42 Å². The van der Waals surface area contributed by atoms with Crippen molar-refractivity contribution < 1.29 is 13.2 Å². The van der Waals surface area contributed by atoms with E-state index >= 15 is 0 Å². The Morgan fingerprint density at radius 2 is 2.12 bits per heavy atom. The van der Waals surface area contributed by atoms with Crippen molar-refractivity contribution in [2.45, 2.75) is 51.1 Å². The molecule has 1 amide bonds. The van der Waals surface area contributed by atoms with Crippen molar-refractivity contribution in [3.63, 3.8) is 0 Å². The lowest BCUT2D eigenvalue weighted by molar-refractivity contribution is -0.123. The topological polar surface area (TPSA) is 66.5 Å². The largest absolute Gasteiger partial charge is 0.351 e. The summed E-state index contributed by atoms with van der Waals surface area (Å²) >= 11 is 6.02. The summed E-state index contributed by atoms with van der Waals surface area (Å²) in [6.45, 7) is 1.83. The second-order valence-corrected chi connectivity index (χ2v) is 9.55. The molecule has 1 aromatic rings. The fourth-order valence-electron chi connectivity index (χ4n) is 4.37. The first kappa shape index (κ1) is 18.5. The molecule has 2 saturated carbocycles. The molecule has 2 aliphatic rings. The zero-order valence-electron chi connectivity index (χ0n) is 14.6. The van der Waals surface area contributed by atoms with Crippen molar-refractivity contribution in [3.8, 4) is 0 Å². The maximum atomic E-state index is 12.9. The number of hydrogen-bond acceptors (Lipinski definition) is 3. The third-order valence-electron chi connectivity index (χ3n) is 5.46. The van der Waals surface area contributed by atoms with Gasteiger partial charge in [0.1, 0.15) is 6.04 Å². The molecule has 2 aliphatic carbocycles. The average molecular weight is 385 g/mol. The average Bonchev–Trinajstić information content (AvgIpc) is 3.13. The van der Waals surface area contributed by atoms with Crippen LogP contribution in [0.2, 0.25) is 5.02 Å². The highest BCUT2D eigenvalue weighted by atomic mass is 35.5. The van der Waals surface area contributed by atoms with Crippen LogP contribution in [0.5, 0.6) is 0 Å². The van der Waals surface area contributed by atoms with Crippen LogP contribution in [0.25, 0.3) is 0 Å². The summed E-state index contributed by atoms with van der Waals surface area (Å²) in [4.78, 5) is 12.9. The lowest BCUT2D eigenvalue weighted by atomic mass is 9.95. The SMILES string of the molecule is CCC(C(=O)NC1CC2CCC1C2)N(c1cccc(Cl)c1)S(C)(=O)=O. The van der Waals surface area contributed by atoms with Crippen molar-refractivity contribution in [2.75, 3.05) is 10.6 Å². The van der Waals surface area contributed by atoms with Gasteiger partial charge in [0.2, 0.25) is 15.9 Å². The monoisotopic (exact) mass is 384 g/mol. The van der Waals surface area contributed by atoms with E-state index in [0.29, 0.717) is 29.0 Å². The predicted octanol–water partition coefficient (Wildman–Crippen LogP) is 3.19. The molecule has 7 heteroatoms. The van der Waals surface area contributed by atoms with Crippen molar-refractivity contribution in [3.05, 3.63) is 29.3 Å². The quantitative estimate of drug-likeness (QED) is 0.819. The summed E-state index contributed by atoms with van der Waals surface area (Å²) in [5.41, 5.74) is 0.421. The molecule has 5 nitrogen and oxygen atoms in total. The van der Waals surface area contributed by atoms with E-state index in [1.54, 1.807) is 24.3 Å². The van der Waals surface area contributed by atoms with Crippen LogP contribution in [0.15, 0.2) is 24.3 Å². The Kier molecular flexibility index (Phi) is 5.30. The Hall–Kier alpha value is -1.27. The van der Waals surface area contributed by atoms with Crippen LogP contribution in [0.1, 0.15) is 39.0 Å². The van der Waals surface area contributed by atoms with Crippen molar-refractivity contribution in [2.24, 2.45) is 11.8 Å². The van der Waals surface area contributed by atoms with Crippen LogP contribution >= 0.6 is 11.6 Å². The van der Waals surface area contributed by atoms with Gasteiger partial charge in [-0.2, -0.15) is 0 Å². The van der Waals surface area contributed by atoms with E-state index in [1.807, 2.05) is 6.92 Å². The highest BCUT2D eigenvalue weighted by Gasteiger charge is 2.41. The Morgan fingerprint density at radius 3 is 2.64 bits per heavy atom. The van der Waals surface area contributed by atoms with Gasteiger partial charge in [-0.1, -0.05) is 31.0 Å². The minimum Gasteiger partial charge on any atom is -0.351 e. The van der Waals surface area contributed by atoms with Gasteiger partial charge in [-0.05, 0) is 55.7 Å². The van der Waals surface area contributed by atoms with E-state index in [2.05, 4.69) is 5.32 Å². The van der Waals surface area contributed by atoms with Gasteiger partial charge in [-0.15, -0.1) is 0 Å². The second kappa shape index (κ2) is 7.16. The lowest BCUT2D eigenvalue weighted by Crippen LogP contribution is -2.52. The van der Waals surface area contributed by atoms with Crippen LogP contribution < -0.4 is 9.62 Å². The molecule has 4 unspecified atom stereocenters. The number of anilines is 1. The molecule has 25 heavy (non-hydrogen) atoms. The number of fused-ring (bicyclic) bond motifs is 2. The number of hydrogen-bond donors (Lipinski definition) is 1. The maximum absolute atomic E-state index is 12.9. The third kappa shape index (κ3) is 3.95. The number of nitrogens with one attached hydrogen (secondary N) is 1. The number of halogens is 1. The van der Waals surface area contributed by atoms with Crippen LogP contribution in [0.3, 0.4) is 0 Å². The summed E-state index contributed by atoms with van der Waals surface area (Å²) in [6.07, 6.45) is 6.14. The zero-order valence-corrected chi connectivity index (χ0v) is 16.2. The van der Waals surface area contributed by atoms with Gasteiger partial charge in [0, 0.05) is 11.1 Å². The fraction of sp³-hybridized carbons (Fsp3) is 0.611. The summed E-state index contributed by atoms with van der Waals surface area (Å²) in [6, 6.07) is 6.03. The Labute approximate surface area is 154 Å². The Balaban J connectivity index is 1.83. The maximum Gasteiger partial charge on any atom is 0.244 e. The predicted molar refractivity (Wildman–Crippen MR) is 100 cm³/mol. The number of sulfonamides is 1. The Bertz CT molecular complexity index is 752. The number of nitrogens with zero attached hydrogens (tertiary/aromatic N) is 1. The minimum atomic E-state index is -3.62. The number of carbonyl (C=O) groups is 1. The first-order valence-corrected chi connectivity index (χ1v) is 11.1. The van der Waals surface area contributed by atoms with E-state index < -0.39 is 16.1 Å². The van der Waals surface area contributed by atoms with Crippen molar-refractivity contribution >= 4 is 33.2 Å². The van der Waals surface area contributed by atoms with Crippen LogP contribution in [-0.2, 0) is 14.8 Å². The van der Waals surface area contributed by atoms with Gasteiger partial charge in [0.05, 0.1) is 11.9 Å². The molecule has 138 valence electrons. The molecule has 0 aliphatic heterocycles. The molecule has 1 aromatic carbocycles. The molecule has 4 atom stereocenters. The molecule has 0 spiro atoms. The van der Waals surface area contributed by atoms with Gasteiger partial charge in [0.15, 0.2) is 0 Å².